The van der Waals surface area contributed by atoms with E-state index in [-0.39, 0.29) is 17.9 Å². The van der Waals surface area contributed by atoms with Crippen LogP contribution in [0.2, 0.25) is 0 Å². The molecule has 0 bridgehead atoms. The molecule has 1 atom stereocenters. The number of carbonyl (C=O) groups is 2. The van der Waals surface area contributed by atoms with E-state index in [0.717, 1.165) is 17.0 Å². The van der Waals surface area contributed by atoms with Gasteiger partial charge in [0.1, 0.15) is 6.61 Å². The number of benzene rings is 2. The number of hydrogen-bond acceptors (Lipinski definition) is 4. The number of hydrogen-bond donors (Lipinski definition) is 1. The lowest BCUT2D eigenvalue weighted by Gasteiger charge is -2.29. The van der Waals surface area contributed by atoms with Gasteiger partial charge in [-0.3, -0.25) is 9.59 Å². The molecule has 134 valence electrons. The second-order valence-electron chi connectivity index (χ2n) is 6.60. The molecule has 1 N–H and O–H groups in total. The van der Waals surface area contributed by atoms with Crippen molar-refractivity contribution in [3.63, 3.8) is 0 Å². The molecular formula is C20H20N2O4. The van der Waals surface area contributed by atoms with Crippen molar-refractivity contribution in [2.75, 3.05) is 25.5 Å². The van der Waals surface area contributed by atoms with Crippen LogP contribution in [0.25, 0.3) is 0 Å². The van der Waals surface area contributed by atoms with Crippen LogP contribution >= 0.6 is 0 Å². The Kier molecular flexibility index (Phi) is 4.24. The van der Waals surface area contributed by atoms with E-state index in [1.54, 1.807) is 24.1 Å². The van der Waals surface area contributed by atoms with Gasteiger partial charge < -0.3 is 19.7 Å². The third-order valence-electron chi connectivity index (χ3n) is 4.64. The van der Waals surface area contributed by atoms with Gasteiger partial charge in [0.2, 0.25) is 5.91 Å². The Hall–Kier alpha value is -3.02. The van der Waals surface area contributed by atoms with Gasteiger partial charge in [-0.25, -0.2) is 0 Å². The first kappa shape index (κ1) is 16.4. The van der Waals surface area contributed by atoms with Crippen LogP contribution in [-0.2, 0) is 11.2 Å². The number of anilines is 1. The molecule has 0 fully saturated rings. The molecule has 2 aliphatic heterocycles. The van der Waals surface area contributed by atoms with Crippen molar-refractivity contribution < 1.29 is 19.1 Å². The van der Waals surface area contributed by atoms with Crippen molar-refractivity contribution in [2.45, 2.75) is 18.9 Å². The Labute approximate surface area is 151 Å². The summed E-state index contributed by atoms with van der Waals surface area (Å²) < 4.78 is 11.6. The number of fused-ring (bicyclic) bond motifs is 2. The summed E-state index contributed by atoms with van der Waals surface area (Å²) in [7, 11) is 1.76. The number of rotatable bonds is 3. The smallest absolute Gasteiger partial charge is 0.253 e. The van der Waals surface area contributed by atoms with Gasteiger partial charge in [-0.2, -0.15) is 0 Å². The first-order chi connectivity index (χ1) is 12.6. The van der Waals surface area contributed by atoms with Gasteiger partial charge in [-0.05, 0) is 42.3 Å². The molecule has 6 heteroatoms. The molecule has 2 heterocycles. The molecule has 2 amide bonds. The monoisotopic (exact) mass is 352 g/mol. The van der Waals surface area contributed by atoms with Crippen LogP contribution in [-0.4, -0.2) is 43.0 Å². The van der Waals surface area contributed by atoms with Crippen molar-refractivity contribution in [3.05, 3.63) is 53.6 Å². The molecule has 2 aliphatic rings. The van der Waals surface area contributed by atoms with Gasteiger partial charge in [0.15, 0.2) is 17.6 Å². The molecule has 2 aromatic rings. The first-order valence-corrected chi connectivity index (χ1v) is 8.67. The van der Waals surface area contributed by atoms with Crippen LogP contribution in [0.1, 0.15) is 22.3 Å². The second kappa shape index (κ2) is 6.71. The largest absolute Gasteiger partial charge is 0.486 e. The molecule has 4 rings (SSSR count). The Morgan fingerprint density at radius 1 is 1.19 bits per heavy atom. The van der Waals surface area contributed by atoms with E-state index in [4.69, 9.17) is 9.47 Å². The molecule has 6 nitrogen and oxygen atoms in total. The normalized spacial score (nSPS) is 17.9. The predicted octanol–water partition coefficient (Wildman–Crippen LogP) is 2.48. The maximum atomic E-state index is 12.8. The van der Waals surface area contributed by atoms with E-state index in [2.05, 4.69) is 5.32 Å². The van der Waals surface area contributed by atoms with Crippen molar-refractivity contribution in [2.24, 2.45) is 0 Å². The summed E-state index contributed by atoms with van der Waals surface area (Å²) in [5.41, 5.74) is 2.40. The van der Waals surface area contributed by atoms with Gasteiger partial charge in [0.05, 0.1) is 6.54 Å². The number of nitrogens with one attached hydrogen (secondary N) is 1. The second-order valence-corrected chi connectivity index (χ2v) is 6.60. The average molecular weight is 352 g/mol. The fraction of sp³-hybridized carbons (Fsp3) is 0.300. The summed E-state index contributed by atoms with van der Waals surface area (Å²) in [5, 5.41) is 2.83. The molecule has 0 unspecified atom stereocenters. The lowest BCUT2D eigenvalue weighted by Crippen LogP contribution is -2.41. The Morgan fingerprint density at radius 3 is 2.85 bits per heavy atom. The van der Waals surface area contributed by atoms with Gasteiger partial charge >= 0.3 is 0 Å². The molecule has 0 spiro atoms. The number of aryl methyl sites for hydroxylation is 1. The Balaban J connectivity index is 1.43. The summed E-state index contributed by atoms with van der Waals surface area (Å²) in [4.78, 5) is 25.9. The Bertz CT molecular complexity index is 865. The molecule has 0 radical (unpaired) electrons. The van der Waals surface area contributed by atoms with Crippen LogP contribution in [0, 0.1) is 0 Å². The van der Waals surface area contributed by atoms with E-state index >= 15 is 0 Å². The highest BCUT2D eigenvalue weighted by molar-refractivity contribution is 5.97. The van der Waals surface area contributed by atoms with Gasteiger partial charge in [0, 0.05) is 24.7 Å². The molecule has 26 heavy (non-hydrogen) atoms. The minimum absolute atomic E-state index is 0.0171. The highest BCUT2D eigenvalue weighted by Crippen LogP contribution is 2.31. The quantitative estimate of drug-likeness (QED) is 0.922. The lowest BCUT2D eigenvalue weighted by atomic mass is 10.00. The minimum atomic E-state index is -0.212. The summed E-state index contributed by atoms with van der Waals surface area (Å²) in [6.07, 6.45) is 0.894. The zero-order chi connectivity index (χ0) is 18.1. The predicted molar refractivity (Wildman–Crippen MR) is 96.7 cm³/mol. The minimum Gasteiger partial charge on any atom is -0.486 e. The molecule has 0 aromatic heterocycles. The summed E-state index contributed by atoms with van der Waals surface area (Å²) in [6, 6.07) is 12.9. The maximum Gasteiger partial charge on any atom is 0.253 e. The summed E-state index contributed by atoms with van der Waals surface area (Å²) in [6.45, 7) is 0.839. The molecule has 0 saturated carbocycles. The van der Waals surface area contributed by atoms with E-state index in [1.165, 1.54) is 0 Å². The van der Waals surface area contributed by atoms with Crippen molar-refractivity contribution in [3.8, 4) is 11.5 Å². The van der Waals surface area contributed by atoms with E-state index in [9.17, 15) is 9.59 Å². The van der Waals surface area contributed by atoms with Gasteiger partial charge in [-0.1, -0.05) is 12.1 Å². The number of likely N-dealkylation sites (N-methyl/N-ethyl adjacent to an activating group) is 1. The van der Waals surface area contributed by atoms with Gasteiger partial charge in [-0.15, -0.1) is 0 Å². The van der Waals surface area contributed by atoms with Crippen LogP contribution in [0.3, 0.4) is 0 Å². The third-order valence-corrected chi connectivity index (χ3v) is 4.64. The summed E-state index contributed by atoms with van der Waals surface area (Å²) >= 11 is 0. The van der Waals surface area contributed by atoms with Crippen molar-refractivity contribution >= 4 is 17.5 Å². The SMILES string of the molecule is CN(C[C@H]1COc2ccccc2O1)C(=O)c1ccc2c(c1)CCC(=O)N2. The number of amides is 2. The average Bonchev–Trinajstić information content (AvgIpc) is 2.67. The summed E-state index contributed by atoms with van der Waals surface area (Å²) in [5.74, 6) is 1.37. The topological polar surface area (TPSA) is 67.9 Å². The molecule has 0 aliphatic carbocycles. The zero-order valence-electron chi connectivity index (χ0n) is 14.5. The van der Waals surface area contributed by atoms with Gasteiger partial charge in [0.25, 0.3) is 5.91 Å². The van der Waals surface area contributed by atoms with Crippen LogP contribution in [0.5, 0.6) is 11.5 Å². The van der Waals surface area contributed by atoms with Crippen molar-refractivity contribution in [1.29, 1.82) is 0 Å². The standard InChI is InChI=1S/C20H20N2O4/c1-22(11-15-12-25-17-4-2-3-5-18(17)26-15)20(24)14-6-8-16-13(10-14)7-9-19(23)21-16/h2-6,8,10,15H,7,9,11-12H2,1H3,(H,21,23)/t15-/m0/s1. The highest BCUT2D eigenvalue weighted by Gasteiger charge is 2.25. The fourth-order valence-electron chi connectivity index (χ4n) is 3.28. The van der Waals surface area contributed by atoms with Crippen molar-refractivity contribution in [1.82, 2.24) is 4.90 Å². The number of nitrogens with zero attached hydrogens (tertiary/aromatic N) is 1. The van der Waals surface area contributed by atoms with Crippen LogP contribution in [0.4, 0.5) is 5.69 Å². The molecule has 0 saturated heterocycles. The van der Waals surface area contributed by atoms with Crippen LogP contribution in [0.15, 0.2) is 42.5 Å². The lowest BCUT2D eigenvalue weighted by molar-refractivity contribution is -0.116. The fourth-order valence-corrected chi connectivity index (χ4v) is 3.28. The number of para-hydroxylation sites is 2. The van der Waals surface area contributed by atoms with Crippen LogP contribution < -0.4 is 14.8 Å². The maximum absolute atomic E-state index is 12.8. The zero-order valence-corrected chi connectivity index (χ0v) is 14.5. The number of ether oxygens (including phenoxy) is 2. The molecule has 2 aromatic carbocycles. The molecular weight excluding hydrogens is 332 g/mol. The van der Waals surface area contributed by atoms with E-state index in [0.29, 0.717) is 37.3 Å². The van der Waals surface area contributed by atoms with E-state index in [1.807, 2.05) is 30.3 Å². The Morgan fingerprint density at radius 2 is 2.00 bits per heavy atom. The first-order valence-electron chi connectivity index (χ1n) is 8.67. The van der Waals surface area contributed by atoms with E-state index < -0.39 is 0 Å². The third kappa shape index (κ3) is 3.22. The highest BCUT2D eigenvalue weighted by atomic mass is 16.6. The number of carbonyl (C=O) groups excluding carboxylic acids is 2.